The third kappa shape index (κ3) is 7.05. The van der Waals surface area contributed by atoms with Crippen LogP contribution in [0.1, 0.15) is 45.1 Å². The summed E-state index contributed by atoms with van der Waals surface area (Å²) in [5.74, 6) is -2.11. The van der Waals surface area contributed by atoms with Crippen LogP contribution in [-0.4, -0.2) is 39.9 Å². The van der Waals surface area contributed by atoms with Gasteiger partial charge >= 0.3 is 0 Å². The summed E-state index contributed by atoms with van der Waals surface area (Å²) in [5, 5.41) is 10.5. The van der Waals surface area contributed by atoms with Crippen molar-refractivity contribution in [2.75, 3.05) is 19.0 Å². The van der Waals surface area contributed by atoms with E-state index >= 15 is 0 Å². The molecule has 2 aromatic heterocycles. The van der Waals surface area contributed by atoms with Crippen LogP contribution in [0.2, 0.25) is 0 Å². The molecule has 0 aliphatic carbocycles. The summed E-state index contributed by atoms with van der Waals surface area (Å²) in [6.45, 7) is 3.44. The summed E-state index contributed by atoms with van der Waals surface area (Å²) < 4.78 is 32.8. The Hall–Kier alpha value is -2.61. The van der Waals surface area contributed by atoms with E-state index < -0.39 is 12.5 Å². The summed E-state index contributed by atoms with van der Waals surface area (Å²) in [4.78, 5) is 8.00. The number of anilines is 1. The van der Waals surface area contributed by atoms with Gasteiger partial charge < -0.3 is 10.1 Å². The molecule has 0 saturated heterocycles. The highest BCUT2D eigenvalue weighted by Gasteiger charge is 2.32. The van der Waals surface area contributed by atoms with Crippen LogP contribution in [-0.2, 0) is 10.7 Å². The van der Waals surface area contributed by atoms with Gasteiger partial charge in [-0.2, -0.15) is 13.9 Å². The third-order valence-corrected chi connectivity index (χ3v) is 4.44. The molecule has 8 heteroatoms. The predicted octanol–water partition coefficient (Wildman–Crippen LogP) is 5.16. The van der Waals surface area contributed by atoms with Gasteiger partial charge in [0.05, 0.1) is 17.7 Å². The molecule has 0 saturated carbocycles. The van der Waals surface area contributed by atoms with E-state index in [4.69, 9.17) is 4.74 Å². The molecule has 29 heavy (non-hydrogen) atoms. The molecule has 1 unspecified atom stereocenters. The Morgan fingerprint density at radius 2 is 1.93 bits per heavy atom. The highest BCUT2D eigenvalue weighted by Crippen LogP contribution is 2.28. The van der Waals surface area contributed by atoms with Crippen LogP contribution in [0.5, 0.6) is 0 Å². The number of hydrogen-bond acceptors (Lipinski definition) is 5. The van der Waals surface area contributed by atoms with Crippen molar-refractivity contribution in [1.29, 1.82) is 0 Å². The van der Waals surface area contributed by atoms with Crippen molar-refractivity contribution in [3.05, 3.63) is 48.4 Å². The maximum atomic E-state index is 13.8. The van der Waals surface area contributed by atoms with Crippen LogP contribution >= 0.6 is 0 Å². The zero-order chi connectivity index (χ0) is 21.1. The predicted molar refractivity (Wildman–Crippen MR) is 111 cm³/mol. The molecule has 0 amide bonds. The molecule has 2 heterocycles. The van der Waals surface area contributed by atoms with E-state index in [1.165, 1.54) is 18.5 Å². The Labute approximate surface area is 170 Å². The van der Waals surface area contributed by atoms with Crippen molar-refractivity contribution >= 4 is 16.9 Å². The second kappa shape index (κ2) is 11.4. The Kier molecular flexibility index (Phi) is 8.92. The van der Waals surface area contributed by atoms with Crippen molar-refractivity contribution in [1.82, 2.24) is 20.2 Å². The number of nitrogens with one attached hydrogen (secondary N) is 2. The van der Waals surface area contributed by atoms with Gasteiger partial charge in [0.25, 0.3) is 5.92 Å². The second-order valence-corrected chi connectivity index (χ2v) is 6.79. The van der Waals surface area contributed by atoms with E-state index in [0.717, 1.165) is 42.5 Å². The van der Waals surface area contributed by atoms with Crippen molar-refractivity contribution in [2.24, 2.45) is 0 Å². The number of aromatic nitrogens is 4. The smallest absolute Gasteiger partial charge is 0.296 e. The summed E-state index contributed by atoms with van der Waals surface area (Å²) in [6.07, 6.45) is 7.22. The number of halogens is 2. The molecule has 0 spiro atoms. The zero-order valence-corrected chi connectivity index (χ0v) is 17.2. The van der Waals surface area contributed by atoms with E-state index in [1.807, 2.05) is 14.0 Å². The summed E-state index contributed by atoms with van der Waals surface area (Å²) in [5.41, 5.74) is 0.773. The quantitative estimate of drug-likeness (QED) is 0.481. The van der Waals surface area contributed by atoms with Gasteiger partial charge in [-0.05, 0) is 13.3 Å². The van der Waals surface area contributed by atoms with Crippen molar-refractivity contribution in [3.63, 3.8) is 0 Å². The number of fused-ring (bicyclic) bond motifs is 1. The van der Waals surface area contributed by atoms with Crippen molar-refractivity contribution in [3.8, 4) is 0 Å². The normalized spacial score (nSPS) is 12.3. The first-order chi connectivity index (χ1) is 14.0. The summed E-state index contributed by atoms with van der Waals surface area (Å²) in [6, 6.07) is 7.84. The molecule has 158 valence electrons. The average Bonchev–Trinajstić information content (AvgIpc) is 3.23. The number of aromatic amines is 1. The van der Waals surface area contributed by atoms with E-state index in [2.05, 4.69) is 32.4 Å². The van der Waals surface area contributed by atoms with Crippen LogP contribution < -0.4 is 5.32 Å². The molecule has 2 N–H and O–H groups in total. The third-order valence-electron chi connectivity index (χ3n) is 4.44. The number of nitrogens with zero attached hydrogens (tertiary/aromatic N) is 3. The Bertz CT molecular complexity index is 841. The lowest BCUT2D eigenvalue weighted by molar-refractivity contribution is -0.103. The molecule has 6 nitrogen and oxygen atoms in total. The first-order valence-electron chi connectivity index (χ1n) is 9.84. The fraction of sp³-hybridized carbons (Fsp3) is 0.476. The topological polar surface area (TPSA) is 75.7 Å². The van der Waals surface area contributed by atoms with Crippen LogP contribution in [0, 0.1) is 0 Å². The van der Waals surface area contributed by atoms with E-state index in [-0.39, 0.29) is 11.7 Å². The molecule has 3 aromatic rings. The largest absolute Gasteiger partial charge is 0.372 e. The zero-order valence-electron chi connectivity index (χ0n) is 17.2. The van der Waals surface area contributed by atoms with Gasteiger partial charge in [0.1, 0.15) is 18.8 Å². The van der Waals surface area contributed by atoms with Crippen LogP contribution in [0.25, 0.3) is 11.0 Å². The summed E-state index contributed by atoms with van der Waals surface area (Å²) in [7, 11) is 1.81. The summed E-state index contributed by atoms with van der Waals surface area (Å²) >= 11 is 0. The van der Waals surface area contributed by atoms with Gasteiger partial charge in [0.2, 0.25) is 0 Å². The van der Waals surface area contributed by atoms with Crippen LogP contribution in [0.4, 0.5) is 14.6 Å². The number of alkyl halides is 2. The Morgan fingerprint density at radius 3 is 2.62 bits per heavy atom. The minimum atomic E-state index is -2.90. The SMILES string of the molecule is CCCCCC(C)OCC(F)(F)c1ccccc1.CNc1ncnc2[nH]ncc12. The molecular formula is C21H29F2N5O. The number of hydrogen-bond donors (Lipinski definition) is 2. The molecule has 0 fully saturated rings. The lowest BCUT2D eigenvalue weighted by Crippen LogP contribution is -2.24. The molecule has 0 aliphatic heterocycles. The van der Waals surface area contributed by atoms with Crippen LogP contribution in [0.3, 0.4) is 0 Å². The molecule has 0 bridgehead atoms. The van der Waals surface area contributed by atoms with Gasteiger partial charge in [0, 0.05) is 12.6 Å². The maximum Gasteiger partial charge on any atom is 0.296 e. The fourth-order valence-corrected chi connectivity index (χ4v) is 2.74. The molecule has 1 atom stereocenters. The first kappa shape index (κ1) is 22.7. The molecule has 1 aromatic carbocycles. The number of rotatable bonds is 9. The molecule has 3 rings (SSSR count). The van der Waals surface area contributed by atoms with Crippen molar-refractivity contribution in [2.45, 2.75) is 51.6 Å². The highest BCUT2D eigenvalue weighted by atomic mass is 19.3. The maximum absolute atomic E-state index is 13.8. The second-order valence-electron chi connectivity index (χ2n) is 6.79. The number of H-pyrrole nitrogens is 1. The molecule has 0 radical (unpaired) electrons. The van der Waals surface area contributed by atoms with Gasteiger partial charge in [-0.1, -0.05) is 56.5 Å². The standard InChI is InChI=1S/C15H22F2O.C6H7N5/c1-3-4-6-9-13(2)18-12-15(16,17)14-10-7-5-8-11-14;1-7-5-4-2-10-11-6(4)9-3-8-5/h5,7-8,10-11,13H,3-4,6,9,12H2,1-2H3;2-3H,1H3,(H2,7,8,9,10,11). The van der Waals surface area contributed by atoms with Crippen molar-refractivity contribution < 1.29 is 13.5 Å². The fourth-order valence-electron chi connectivity index (χ4n) is 2.74. The Morgan fingerprint density at radius 1 is 1.17 bits per heavy atom. The Balaban J connectivity index is 0.000000230. The monoisotopic (exact) mass is 405 g/mol. The van der Waals surface area contributed by atoms with E-state index in [1.54, 1.807) is 24.4 Å². The number of benzene rings is 1. The van der Waals surface area contributed by atoms with E-state index in [0.29, 0.717) is 0 Å². The molecule has 0 aliphatic rings. The lowest BCUT2D eigenvalue weighted by Gasteiger charge is -2.20. The highest BCUT2D eigenvalue weighted by molar-refractivity contribution is 5.85. The van der Waals surface area contributed by atoms with Gasteiger partial charge in [-0.3, -0.25) is 5.10 Å². The van der Waals surface area contributed by atoms with Gasteiger partial charge in [-0.15, -0.1) is 0 Å². The van der Waals surface area contributed by atoms with Gasteiger partial charge in [-0.25, -0.2) is 9.97 Å². The van der Waals surface area contributed by atoms with Crippen LogP contribution in [0.15, 0.2) is 42.9 Å². The first-order valence-corrected chi connectivity index (χ1v) is 9.84. The van der Waals surface area contributed by atoms with E-state index in [9.17, 15) is 8.78 Å². The minimum Gasteiger partial charge on any atom is -0.372 e. The molecular weight excluding hydrogens is 376 g/mol. The van der Waals surface area contributed by atoms with Gasteiger partial charge in [0.15, 0.2) is 5.65 Å². The minimum absolute atomic E-state index is 0.0192. The number of unbranched alkanes of at least 4 members (excludes halogenated alkanes) is 2. The number of ether oxygens (including phenoxy) is 1. The lowest BCUT2D eigenvalue weighted by atomic mass is 10.1. The average molecular weight is 405 g/mol.